The number of hydrogen-bond acceptors (Lipinski definition) is 4. The number of fused-ring (bicyclic) bond motifs is 1. The number of rotatable bonds is 3. The minimum absolute atomic E-state index is 0.497. The van der Waals surface area contributed by atoms with Crippen LogP contribution in [0.4, 0.5) is 11.4 Å². The summed E-state index contributed by atoms with van der Waals surface area (Å²) in [7, 11) is 0. The number of hydrogen-bond donors (Lipinski definition) is 3. The fourth-order valence-corrected chi connectivity index (χ4v) is 3.02. The molecule has 0 radical (unpaired) electrons. The molecular formula is C19H19BrN4. The molecular weight excluding hydrogens is 364 g/mol. The highest BCUT2D eigenvalue weighted by atomic mass is 79.9. The summed E-state index contributed by atoms with van der Waals surface area (Å²) in [6, 6.07) is 16.3. The van der Waals surface area contributed by atoms with E-state index in [9.17, 15) is 5.26 Å². The molecule has 0 aromatic heterocycles. The Morgan fingerprint density at radius 1 is 1.21 bits per heavy atom. The lowest BCUT2D eigenvalue weighted by Crippen LogP contribution is -2.22. The summed E-state index contributed by atoms with van der Waals surface area (Å²) in [5.74, 6) is 0. The second-order valence-electron chi connectivity index (χ2n) is 6.38. The Hall–Kier alpha value is -2.45. The Morgan fingerprint density at radius 2 is 1.92 bits per heavy atom. The zero-order valence-electron chi connectivity index (χ0n) is 13.7. The van der Waals surface area contributed by atoms with Crippen molar-refractivity contribution in [3.05, 3.63) is 63.8 Å². The maximum atomic E-state index is 9.25. The lowest BCUT2D eigenvalue weighted by atomic mass is 9.86. The quantitative estimate of drug-likeness (QED) is 0.734. The molecule has 0 saturated carbocycles. The summed E-state index contributed by atoms with van der Waals surface area (Å²) in [6.45, 7) is 4.43. The summed E-state index contributed by atoms with van der Waals surface area (Å²) < 4.78 is 1.00. The van der Waals surface area contributed by atoms with Gasteiger partial charge < -0.3 is 16.4 Å². The highest BCUT2D eigenvalue weighted by molar-refractivity contribution is 9.10. The first-order valence-electron chi connectivity index (χ1n) is 7.72. The monoisotopic (exact) mass is 382 g/mol. The molecule has 2 aromatic rings. The average molecular weight is 383 g/mol. The van der Waals surface area contributed by atoms with Gasteiger partial charge in [0, 0.05) is 21.4 Å². The van der Waals surface area contributed by atoms with E-state index in [0.29, 0.717) is 6.54 Å². The normalized spacial score (nSPS) is 13.8. The molecule has 0 atom stereocenters. The minimum atomic E-state index is -0.497. The maximum Gasteiger partial charge on any atom is 0.0766 e. The van der Waals surface area contributed by atoms with E-state index in [1.54, 1.807) is 0 Å². The second-order valence-corrected chi connectivity index (χ2v) is 7.30. The van der Waals surface area contributed by atoms with Crippen molar-refractivity contribution in [3.8, 4) is 6.07 Å². The fourth-order valence-electron chi connectivity index (χ4n) is 2.66. The van der Waals surface area contributed by atoms with Crippen molar-refractivity contribution in [1.29, 1.82) is 5.26 Å². The van der Waals surface area contributed by atoms with E-state index in [1.807, 2.05) is 56.3 Å². The van der Waals surface area contributed by atoms with Crippen molar-refractivity contribution in [2.75, 3.05) is 17.2 Å². The van der Waals surface area contributed by atoms with Gasteiger partial charge in [-0.05, 0) is 49.7 Å². The van der Waals surface area contributed by atoms with Gasteiger partial charge in [-0.2, -0.15) is 5.26 Å². The zero-order chi connectivity index (χ0) is 17.3. The molecule has 1 aliphatic heterocycles. The number of nitrogens with zero attached hydrogens (tertiary/aromatic N) is 1. The number of benzene rings is 2. The second kappa shape index (κ2) is 6.21. The van der Waals surface area contributed by atoms with Crippen LogP contribution < -0.4 is 16.4 Å². The third-order valence-corrected chi connectivity index (χ3v) is 4.69. The van der Waals surface area contributed by atoms with Gasteiger partial charge in [-0.25, -0.2) is 0 Å². The van der Waals surface area contributed by atoms with Gasteiger partial charge >= 0.3 is 0 Å². The smallest absolute Gasteiger partial charge is 0.0766 e. The van der Waals surface area contributed by atoms with Crippen LogP contribution in [0.1, 0.15) is 25.0 Å². The SMILES string of the molecule is CC(C)(C#N)c1ccc(NC2=C(N)CNc3ccc(Br)cc32)cc1. The van der Waals surface area contributed by atoms with Crippen LogP contribution in [0.5, 0.6) is 0 Å². The van der Waals surface area contributed by atoms with Crippen LogP contribution in [0, 0.1) is 11.3 Å². The number of nitriles is 1. The largest absolute Gasteiger partial charge is 0.399 e. The molecule has 0 aliphatic carbocycles. The van der Waals surface area contributed by atoms with E-state index in [-0.39, 0.29) is 0 Å². The predicted molar refractivity (Wildman–Crippen MR) is 102 cm³/mol. The highest BCUT2D eigenvalue weighted by Crippen LogP contribution is 2.33. The van der Waals surface area contributed by atoms with Gasteiger partial charge in [0.15, 0.2) is 0 Å². The molecule has 0 spiro atoms. The number of anilines is 2. The Kier molecular flexibility index (Phi) is 4.25. The van der Waals surface area contributed by atoms with Crippen molar-refractivity contribution < 1.29 is 0 Å². The lowest BCUT2D eigenvalue weighted by molar-refractivity contribution is 0.687. The average Bonchev–Trinajstić information content (AvgIpc) is 2.58. The summed E-state index contributed by atoms with van der Waals surface area (Å²) >= 11 is 3.51. The van der Waals surface area contributed by atoms with Gasteiger partial charge in [0.25, 0.3) is 0 Å². The fraction of sp³-hybridized carbons (Fsp3) is 0.211. The maximum absolute atomic E-state index is 9.25. The third-order valence-electron chi connectivity index (χ3n) is 4.20. The molecule has 3 rings (SSSR count). The molecule has 4 N–H and O–H groups in total. The van der Waals surface area contributed by atoms with Gasteiger partial charge in [0.05, 0.1) is 29.4 Å². The van der Waals surface area contributed by atoms with Crippen LogP contribution in [0.2, 0.25) is 0 Å². The molecule has 0 saturated heterocycles. The molecule has 122 valence electrons. The molecule has 0 amide bonds. The standard InChI is InChI=1S/C19H19BrN4/c1-19(2,11-21)12-3-6-14(7-4-12)24-18-15-9-13(20)5-8-17(15)23-10-16(18)22/h3-9,23-24H,10,22H2,1-2H3. The Labute approximate surface area is 150 Å². The van der Waals surface area contributed by atoms with E-state index in [1.165, 1.54) is 0 Å². The highest BCUT2D eigenvalue weighted by Gasteiger charge is 2.20. The minimum Gasteiger partial charge on any atom is -0.399 e. The Morgan fingerprint density at radius 3 is 2.58 bits per heavy atom. The van der Waals surface area contributed by atoms with Crippen molar-refractivity contribution in [3.63, 3.8) is 0 Å². The number of nitrogens with two attached hydrogens (primary N) is 1. The van der Waals surface area contributed by atoms with E-state index < -0.39 is 5.41 Å². The van der Waals surface area contributed by atoms with Gasteiger partial charge in [-0.3, -0.25) is 0 Å². The van der Waals surface area contributed by atoms with Crippen molar-refractivity contribution in [1.82, 2.24) is 0 Å². The molecule has 0 unspecified atom stereocenters. The first-order valence-corrected chi connectivity index (χ1v) is 8.51. The van der Waals surface area contributed by atoms with Crippen LogP contribution in [0.3, 0.4) is 0 Å². The van der Waals surface area contributed by atoms with Crippen LogP contribution in [0.25, 0.3) is 5.70 Å². The Bertz CT molecular complexity index is 845. The predicted octanol–water partition coefficient (Wildman–Crippen LogP) is 4.42. The number of nitrogens with one attached hydrogen (secondary N) is 2. The van der Waals surface area contributed by atoms with Gasteiger partial charge in [0.1, 0.15) is 0 Å². The van der Waals surface area contributed by atoms with Gasteiger partial charge in [0.2, 0.25) is 0 Å². The van der Waals surface area contributed by atoms with Crippen LogP contribution in [0.15, 0.2) is 52.6 Å². The molecule has 2 aromatic carbocycles. The molecule has 4 nitrogen and oxygen atoms in total. The van der Waals surface area contributed by atoms with E-state index in [4.69, 9.17) is 5.73 Å². The first-order chi connectivity index (χ1) is 11.4. The van der Waals surface area contributed by atoms with Crippen LogP contribution in [-0.4, -0.2) is 6.54 Å². The van der Waals surface area contributed by atoms with Gasteiger partial charge in [-0.15, -0.1) is 0 Å². The first kappa shape index (κ1) is 16.4. The Balaban J connectivity index is 1.91. The molecule has 1 heterocycles. The lowest BCUT2D eigenvalue weighted by Gasteiger charge is -2.24. The summed E-state index contributed by atoms with van der Waals surface area (Å²) in [5, 5.41) is 16.0. The van der Waals surface area contributed by atoms with Crippen LogP contribution >= 0.6 is 15.9 Å². The van der Waals surface area contributed by atoms with E-state index >= 15 is 0 Å². The zero-order valence-corrected chi connectivity index (χ0v) is 15.2. The summed E-state index contributed by atoms with van der Waals surface area (Å²) in [4.78, 5) is 0. The van der Waals surface area contributed by atoms with Crippen LogP contribution in [-0.2, 0) is 5.41 Å². The molecule has 1 aliphatic rings. The number of halogens is 1. The molecule has 24 heavy (non-hydrogen) atoms. The van der Waals surface area contributed by atoms with E-state index in [2.05, 4.69) is 32.6 Å². The summed E-state index contributed by atoms with van der Waals surface area (Å²) in [6.07, 6.45) is 0. The van der Waals surface area contributed by atoms with Gasteiger partial charge in [-0.1, -0.05) is 28.1 Å². The van der Waals surface area contributed by atoms with Crippen molar-refractivity contribution >= 4 is 33.0 Å². The topological polar surface area (TPSA) is 73.9 Å². The third kappa shape index (κ3) is 3.10. The van der Waals surface area contributed by atoms with E-state index in [0.717, 1.165) is 38.4 Å². The molecule has 0 bridgehead atoms. The molecule has 5 heteroatoms. The van der Waals surface area contributed by atoms with Crippen molar-refractivity contribution in [2.24, 2.45) is 5.73 Å². The van der Waals surface area contributed by atoms with Crippen molar-refractivity contribution in [2.45, 2.75) is 19.3 Å². The molecule has 0 fully saturated rings. The summed E-state index contributed by atoms with van der Waals surface area (Å²) in [5.41, 5.74) is 11.4.